The Balaban J connectivity index is 1.86. The minimum absolute atomic E-state index is 0.324. The van der Waals surface area contributed by atoms with E-state index in [0.717, 1.165) is 5.92 Å². The molecule has 138 valence electrons. The molecule has 0 aromatic heterocycles. The van der Waals surface area contributed by atoms with Crippen LogP contribution >= 0.6 is 0 Å². The molecule has 0 heterocycles. The van der Waals surface area contributed by atoms with Crippen molar-refractivity contribution in [1.29, 1.82) is 0 Å². The Labute approximate surface area is 163 Å². The molecule has 1 N–H and O–H groups in total. The van der Waals surface area contributed by atoms with Crippen LogP contribution in [0.3, 0.4) is 0 Å². The van der Waals surface area contributed by atoms with Crippen molar-refractivity contribution in [2.45, 2.75) is 44.2 Å². The predicted octanol–water partition coefficient (Wildman–Crippen LogP) is 6.15. The Morgan fingerprint density at radius 3 is 1.33 bits per heavy atom. The van der Waals surface area contributed by atoms with Gasteiger partial charge in [0.05, 0.1) is 5.54 Å². The smallest absolute Gasteiger partial charge is 0.0950 e. The normalized spacial score (nSPS) is 20.3. The first-order valence-electron chi connectivity index (χ1n) is 10.2. The van der Waals surface area contributed by atoms with Gasteiger partial charge >= 0.3 is 0 Å². The molecule has 0 radical (unpaired) electrons. The fourth-order valence-electron chi connectivity index (χ4n) is 4.53. The summed E-state index contributed by atoms with van der Waals surface area (Å²) in [6, 6.07) is 33.3. The molecule has 3 aromatic carbocycles. The second-order valence-corrected chi connectivity index (χ2v) is 7.95. The van der Waals surface area contributed by atoms with E-state index in [4.69, 9.17) is 0 Å². The zero-order valence-corrected chi connectivity index (χ0v) is 16.1. The van der Waals surface area contributed by atoms with E-state index in [1.54, 1.807) is 0 Å². The second-order valence-electron chi connectivity index (χ2n) is 7.95. The maximum Gasteiger partial charge on any atom is 0.0950 e. The summed E-state index contributed by atoms with van der Waals surface area (Å²) in [5, 5.41) is 4.14. The molecule has 0 amide bonds. The van der Waals surface area contributed by atoms with Crippen LogP contribution in [0.2, 0.25) is 0 Å². The number of hydrogen-bond donors (Lipinski definition) is 1. The molecule has 0 saturated heterocycles. The van der Waals surface area contributed by atoms with E-state index >= 15 is 0 Å². The van der Waals surface area contributed by atoms with Gasteiger partial charge in [0.15, 0.2) is 0 Å². The zero-order chi connectivity index (χ0) is 18.5. The van der Waals surface area contributed by atoms with E-state index < -0.39 is 0 Å². The molecule has 3 aromatic rings. The van der Waals surface area contributed by atoms with Crippen molar-refractivity contribution in [3.63, 3.8) is 0 Å². The first-order chi connectivity index (χ1) is 13.3. The van der Waals surface area contributed by atoms with Crippen LogP contribution in [-0.2, 0) is 5.54 Å². The topological polar surface area (TPSA) is 12.0 Å². The number of rotatable bonds is 5. The number of hydrogen-bond acceptors (Lipinski definition) is 1. The molecule has 0 bridgehead atoms. The summed E-state index contributed by atoms with van der Waals surface area (Å²) in [7, 11) is 0. The molecule has 0 aliphatic heterocycles. The Bertz CT molecular complexity index is 721. The zero-order valence-electron chi connectivity index (χ0n) is 16.1. The Hall–Kier alpha value is -2.38. The third-order valence-electron chi connectivity index (χ3n) is 6.06. The summed E-state index contributed by atoms with van der Waals surface area (Å²) in [6.07, 6.45) is 5.11. The number of benzene rings is 3. The lowest BCUT2D eigenvalue weighted by molar-refractivity contribution is 0.271. The number of nitrogens with one attached hydrogen (secondary N) is 1. The monoisotopic (exact) mass is 355 g/mol. The molecule has 0 spiro atoms. The van der Waals surface area contributed by atoms with Crippen molar-refractivity contribution < 1.29 is 0 Å². The van der Waals surface area contributed by atoms with E-state index in [1.807, 2.05) is 0 Å². The Kier molecular flexibility index (Phi) is 5.40. The molecule has 1 heteroatoms. The standard InChI is InChI=1S/C26H29N/c1-21-17-19-25(20-18-21)27-26(22-11-5-2-6-12-22,23-13-7-3-8-14-23)24-15-9-4-10-16-24/h2-16,21,25,27H,17-20H2,1H3. The van der Waals surface area contributed by atoms with Crippen molar-refractivity contribution in [2.75, 3.05) is 0 Å². The van der Waals surface area contributed by atoms with Crippen molar-refractivity contribution in [2.24, 2.45) is 5.92 Å². The van der Waals surface area contributed by atoms with Gasteiger partial charge in [0.2, 0.25) is 0 Å². The molecule has 1 aliphatic rings. The van der Waals surface area contributed by atoms with Crippen LogP contribution in [0.4, 0.5) is 0 Å². The molecule has 1 saturated carbocycles. The summed E-state index contributed by atoms with van der Waals surface area (Å²) >= 11 is 0. The minimum Gasteiger partial charge on any atom is -0.297 e. The summed E-state index contributed by atoms with van der Waals surface area (Å²) in [6.45, 7) is 2.38. The third kappa shape index (κ3) is 3.70. The van der Waals surface area contributed by atoms with Gasteiger partial charge in [-0.3, -0.25) is 5.32 Å². The van der Waals surface area contributed by atoms with Crippen molar-refractivity contribution in [1.82, 2.24) is 5.32 Å². The lowest BCUT2D eigenvalue weighted by Gasteiger charge is -2.42. The highest BCUT2D eigenvalue weighted by atomic mass is 15.0. The van der Waals surface area contributed by atoms with Crippen molar-refractivity contribution >= 4 is 0 Å². The molecule has 0 unspecified atom stereocenters. The average Bonchev–Trinajstić information content (AvgIpc) is 2.75. The largest absolute Gasteiger partial charge is 0.297 e. The minimum atomic E-state index is -0.324. The van der Waals surface area contributed by atoms with E-state index in [-0.39, 0.29) is 5.54 Å². The molecular formula is C26H29N. The van der Waals surface area contributed by atoms with Gasteiger partial charge in [-0.15, -0.1) is 0 Å². The van der Waals surface area contributed by atoms with Crippen LogP contribution in [-0.4, -0.2) is 6.04 Å². The molecule has 1 fully saturated rings. The van der Waals surface area contributed by atoms with Crippen LogP contribution < -0.4 is 5.32 Å². The van der Waals surface area contributed by atoms with E-state index in [9.17, 15) is 0 Å². The van der Waals surface area contributed by atoms with Gasteiger partial charge < -0.3 is 0 Å². The van der Waals surface area contributed by atoms with Crippen LogP contribution in [0.5, 0.6) is 0 Å². The Morgan fingerprint density at radius 2 is 0.963 bits per heavy atom. The SMILES string of the molecule is CC1CCC(NC(c2ccccc2)(c2ccccc2)c2ccccc2)CC1. The van der Waals surface area contributed by atoms with Crippen LogP contribution in [0.15, 0.2) is 91.0 Å². The van der Waals surface area contributed by atoms with Gasteiger partial charge in [-0.25, -0.2) is 0 Å². The van der Waals surface area contributed by atoms with Crippen molar-refractivity contribution in [3.8, 4) is 0 Å². The van der Waals surface area contributed by atoms with Gasteiger partial charge in [0, 0.05) is 6.04 Å². The average molecular weight is 356 g/mol. The molecule has 1 nitrogen and oxygen atoms in total. The van der Waals surface area contributed by atoms with E-state index in [1.165, 1.54) is 42.4 Å². The van der Waals surface area contributed by atoms with E-state index in [2.05, 4.69) is 103 Å². The maximum atomic E-state index is 4.14. The molecule has 27 heavy (non-hydrogen) atoms. The van der Waals surface area contributed by atoms with Gasteiger partial charge in [0.25, 0.3) is 0 Å². The highest BCUT2D eigenvalue weighted by Gasteiger charge is 2.38. The van der Waals surface area contributed by atoms with E-state index in [0.29, 0.717) is 6.04 Å². The van der Waals surface area contributed by atoms with Gasteiger partial charge in [-0.05, 0) is 48.3 Å². The van der Waals surface area contributed by atoms with Crippen LogP contribution in [0, 0.1) is 5.92 Å². The quantitative estimate of drug-likeness (QED) is 0.542. The van der Waals surface area contributed by atoms with Crippen LogP contribution in [0.25, 0.3) is 0 Å². The first-order valence-corrected chi connectivity index (χ1v) is 10.2. The maximum absolute atomic E-state index is 4.14. The predicted molar refractivity (Wildman–Crippen MR) is 114 cm³/mol. The van der Waals surface area contributed by atoms with Gasteiger partial charge in [-0.2, -0.15) is 0 Å². The second kappa shape index (κ2) is 8.10. The van der Waals surface area contributed by atoms with Crippen molar-refractivity contribution in [3.05, 3.63) is 108 Å². The molecule has 0 atom stereocenters. The van der Waals surface area contributed by atoms with Gasteiger partial charge in [-0.1, -0.05) is 97.9 Å². The highest BCUT2D eigenvalue weighted by Crippen LogP contribution is 2.39. The fourth-order valence-corrected chi connectivity index (χ4v) is 4.53. The molecule has 1 aliphatic carbocycles. The Morgan fingerprint density at radius 1 is 0.593 bits per heavy atom. The lowest BCUT2D eigenvalue weighted by atomic mass is 9.75. The summed E-state index contributed by atoms with van der Waals surface area (Å²) in [5.74, 6) is 0.850. The summed E-state index contributed by atoms with van der Waals surface area (Å²) in [4.78, 5) is 0. The fraction of sp³-hybridized carbons (Fsp3) is 0.308. The summed E-state index contributed by atoms with van der Waals surface area (Å²) < 4.78 is 0. The van der Waals surface area contributed by atoms with Gasteiger partial charge in [0.1, 0.15) is 0 Å². The van der Waals surface area contributed by atoms with Crippen LogP contribution in [0.1, 0.15) is 49.3 Å². The third-order valence-corrected chi connectivity index (χ3v) is 6.06. The first kappa shape index (κ1) is 18.0. The highest BCUT2D eigenvalue weighted by molar-refractivity contribution is 5.49. The molecule has 4 rings (SSSR count). The lowest BCUT2D eigenvalue weighted by Crippen LogP contribution is -2.50. The summed E-state index contributed by atoms with van der Waals surface area (Å²) in [5.41, 5.74) is 3.60. The molecular weight excluding hydrogens is 326 g/mol.